The Labute approximate surface area is 142 Å². The van der Waals surface area contributed by atoms with Gasteiger partial charge in [-0.2, -0.15) is 0 Å². The zero-order valence-corrected chi connectivity index (χ0v) is 14.6. The van der Waals surface area contributed by atoms with Gasteiger partial charge in [0.15, 0.2) is 0 Å². The lowest BCUT2D eigenvalue weighted by atomic mass is 10.1. The highest BCUT2D eigenvalue weighted by molar-refractivity contribution is 9.10. The van der Waals surface area contributed by atoms with Gasteiger partial charge in [0, 0.05) is 10.9 Å². The van der Waals surface area contributed by atoms with Gasteiger partial charge in [0.05, 0.1) is 5.69 Å². The monoisotopic (exact) mass is 403 g/mol. The smallest absolute Gasteiger partial charge is 0.106 e. The molecule has 0 atom stereocenters. The molecule has 0 unspecified atom stereocenters. The van der Waals surface area contributed by atoms with Crippen LogP contribution in [0.2, 0.25) is 0 Å². The second kappa shape index (κ2) is 8.75. The van der Waals surface area contributed by atoms with E-state index in [1.54, 1.807) is 0 Å². The van der Waals surface area contributed by atoms with E-state index in [2.05, 4.69) is 61.1 Å². The van der Waals surface area contributed by atoms with Gasteiger partial charge in [-0.1, -0.05) is 82.7 Å². The SMILES string of the molecule is BrCc1ccccc1.Brc1cccc(-c2ccccc2)n1. The van der Waals surface area contributed by atoms with Crippen molar-refractivity contribution in [3.05, 3.63) is 89.0 Å². The molecule has 21 heavy (non-hydrogen) atoms. The molecule has 1 heterocycles. The first-order chi connectivity index (χ1) is 10.3. The van der Waals surface area contributed by atoms with Crippen molar-refractivity contribution in [2.45, 2.75) is 5.33 Å². The molecular formula is C18H15Br2N. The predicted molar refractivity (Wildman–Crippen MR) is 96.4 cm³/mol. The van der Waals surface area contributed by atoms with Crippen LogP contribution in [0.4, 0.5) is 0 Å². The van der Waals surface area contributed by atoms with Crippen molar-refractivity contribution >= 4 is 31.9 Å². The Kier molecular flexibility index (Phi) is 6.64. The third-order valence-electron chi connectivity index (χ3n) is 2.78. The summed E-state index contributed by atoms with van der Waals surface area (Å²) in [6.45, 7) is 0. The minimum absolute atomic E-state index is 0.869. The van der Waals surface area contributed by atoms with Gasteiger partial charge in [0.2, 0.25) is 0 Å². The molecule has 3 aromatic rings. The van der Waals surface area contributed by atoms with Crippen molar-refractivity contribution in [1.82, 2.24) is 4.98 Å². The first-order valence-corrected chi connectivity index (χ1v) is 8.49. The van der Waals surface area contributed by atoms with Gasteiger partial charge in [0.1, 0.15) is 4.60 Å². The molecule has 0 bridgehead atoms. The summed E-state index contributed by atoms with van der Waals surface area (Å²) in [6, 6.07) is 26.3. The topological polar surface area (TPSA) is 12.9 Å². The Morgan fingerprint density at radius 3 is 1.86 bits per heavy atom. The number of nitrogens with zero attached hydrogens (tertiary/aromatic N) is 1. The average Bonchev–Trinajstić information content (AvgIpc) is 2.57. The van der Waals surface area contributed by atoms with Gasteiger partial charge in [-0.05, 0) is 33.6 Å². The minimum Gasteiger partial charge on any atom is -0.241 e. The molecule has 0 radical (unpaired) electrons. The highest BCUT2D eigenvalue weighted by Gasteiger charge is 1.97. The fourth-order valence-corrected chi connectivity index (χ4v) is 2.46. The van der Waals surface area contributed by atoms with Gasteiger partial charge in [-0.3, -0.25) is 0 Å². The van der Waals surface area contributed by atoms with Gasteiger partial charge >= 0.3 is 0 Å². The molecule has 0 N–H and O–H groups in total. The standard InChI is InChI=1S/C11H8BrN.C7H7Br/c12-11-8-4-7-10(13-11)9-5-2-1-3-6-9;8-6-7-4-2-1-3-5-7/h1-8H;1-5H,6H2. The third kappa shape index (κ3) is 5.44. The lowest BCUT2D eigenvalue weighted by molar-refractivity contribution is 1.28. The van der Waals surface area contributed by atoms with Crippen molar-refractivity contribution in [2.75, 3.05) is 0 Å². The van der Waals surface area contributed by atoms with Crippen LogP contribution in [0.5, 0.6) is 0 Å². The number of hydrogen-bond acceptors (Lipinski definition) is 1. The number of pyridine rings is 1. The molecule has 2 aromatic carbocycles. The molecule has 0 saturated carbocycles. The van der Waals surface area contributed by atoms with Crippen LogP contribution in [0.15, 0.2) is 83.5 Å². The fourth-order valence-electron chi connectivity index (χ4n) is 1.75. The molecule has 0 aliphatic heterocycles. The van der Waals surface area contributed by atoms with E-state index >= 15 is 0 Å². The molecule has 0 saturated heterocycles. The molecule has 0 aliphatic rings. The molecule has 3 heteroatoms. The van der Waals surface area contributed by atoms with Crippen LogP contribution in [0, 0.1) is 0 Å². The van der Waals surface area contributed by atoms with Gasteiger partial charge in [-0.25, -0.2) is 4.98 Å². The molecule has 1 aromatic heterocycles. The molecule has 106 valence electrons. The van der Waals surface area contributed by atoms with E-state index in [1.807, 2.05) is 54.6 Å². The van der Waals surface area contributed by atoms with E-state index in [4.69, 9.17) is 0 Å². The molecular weight excluding hydrogens is 390 g/mol. The van der Waals surface area contributed by atoms with E-state index in [1.165, 1.54) is 5.56 Å². The van der Waals surface area contributed by atoms with Crippen LogP contribution in [-0.4, -0.2) is 4.98 Å². The zero-order chi connectivity index (χ0) is 14.9. The van der Waals surface area contributed by atoms with E-state index in [0.717, 1.165) is 21.2 Å². The Bertz CT molecular complexity index is 654. The zero-order valence-electron chi connectivity index (χ0n) is 11.4. The fraction of sp³-hybridized carbons (Fsp3) is 0.0556. The Morgan fingerprint density at radius 2 is 1.33 bits per heavy atom. The summed E-state index contributed by atoms with van der Waals surface area (Å²) in [7, 11) is 0. The van der Waals surface area contributed by atoms with E-state index in [0.29, 0.717) is 0 Å². The number of benzene rings is 2. The van der Waals surface area contributed by atoms with Gasteiger partial charge in [-0.15, -0.1) is 0 Å². The highest BCUT2D eigenvalue weighted by Crippen LogP contribution is 2.18. The number of aromatic nitrogens is 1. The van der Waals surface area contributed by atoms with Crippen LogP contribution in [0.25, 0.3) is 11.3 Å². The summed E-state index contributed by atoms with van der Waals surface area (Å²) < 4.78 is 0.869. The van der Waals surface area contributed by atoms with Crippen LogP contribution in [0.3, 0.4) is 0 Å². The van der Waals surface area contributed by atoms with Crippen LogP contribution < -0.4 is 0 Å². The van der Waals surface area contributed by atoms with Gasteiger partial charge in [0.25, 0.3) is 0 Å². The van der Waals surface area contributed by atoms with Crippen molar-refractivity contribution in [3.8, 4) is 11.3 Å². The van der Waals surface area contributed by atoms with Gasteiger partial charge < -0.3 is 0 Å². The maximum atomic E-state index is 4.36. The summed E-state index contributed by atoms with van der Waals surface area (Å²) >= 11 is 6.71. The summed E-state index contributed by atoms with van der Waals surface area (Å²) in [6.07, 6.45) is 0. The molecule has 0 spiro atoms. The summed E-state index contributed by atoms with van der Waals surface area (Å²) in [5.74, 6) is 0. The number of halogens is 2. The molecule has 0 fully saturated rings. The number of alkyl halides is 1. The first-order valence-electron chi connectivity index (χ1n) is 6.57. The van der Waals surface area contributed by atoms with Crippen LogP contribution >= 0.6 is 31.9 Å². The number of rotatable bonds is 2. The summed E-state index contributed by atoms with van der Waals surface area (Å²) in [5, 5.41) is 0.952. The van der Waals surface area contributed by atoms with Crippen molar-refractivity contribution in [3.63, 3.8) is 0 Å². The highest BCUT2D eigenvalue weighted by atomic mass is 79.9. The van der Waals surface area contributed by atoms with Crippen molar-refractivity contribution < 1.29 is 0 Å². The maximum Gasteiger partial charge on any atom is 0.106 e. The summed E-state index contributed by atoms with van der Waals surface area (Å²) in [4.78, 5) is 4.36. The molecule has 0 amide bonds. The molecule has 0 aliphatic carbocycles. The Morgan fingerprint density at radius 1 is 0.714 bits per heavy atom. The summed E-state index contributed by atoms with van der Waals surface area (Å²) in [5.41, 5.74) is 3.46. The normalized spacial score (nSPS) is 9.62. The Balaban J connectivity index is 0.000000173. The van der Waals surface area contributed by atoms with E-state index in [9.17, 15) is 0 Å². The van der Waals surface area contributed by atoms with Crippen molar-refractivity contribution in [1.29, 1.82) is 0 Å². The minimum atomic E-state index is 0.869. The third-order valence-corrected chi connectivity index (χ3v) is 3.87. The van der Waals surface area contributed by atoms with E-state index < -0.39 is 0 Å². The lowest BCUT2D eigenvalue weighted by Crippen LogP contribution is -1.82. The maximum absolute atomic E-state index is 4.36. The van der Waals surface area contributed by atoms with E-state index in [-0.39, 0.29) is 0 Å². The Hall–Kier alpha value is -1.45. The lowest BCUT2D eigenvalue weighted by Gasteiger charge is -1.99. The largest absolute Gasteiger partial charge is 0.241 e. The number of hydrogen-bond donors (Lipinski definition) is 0. The molecule has 3 rings (SSSR count). The van der Waals surface area contributed by atoms with Crippen LogP contribution in [-0.2, 0) is 5.33 Å². The quantitative estimate of drug-likeness (QED) is 0.371. The van der Waals surface area contributed by atoms with Crippen LogP contribution in [0.1, 0.15) is 5.56 Å². The van der Waals surface area contributed by atoms with Crippen molar-refractivity contribution in [2.24, 2.45) is 0 Å². The first kappa shape index (κ1) is 15.9. The second-order valence-corrected chi connectivity index (χ2v) is 5.70. The predicted octanol–water partition coefficient (Wildman–Crippen LogP) is 6.09. The second-order valence-electron chi connectivity index (χ2n) is 4.33. The average molecular weight is 405 g/mol. The molecule has 1 nitrogen and oxygen atoms in total.